The van der Waals surface area contributed by atoms with E-state index in [1.54, 1.807) is 4.90 Å². The predicted molar refractivity (Wildman–Crippen MR) is 102 cm³/mol. The second-order valence-electron chi connectivity index (χ2n) is 7.04. The first-order valence-electron chi connectivity index (χ1n) is 9.25. The van der Waals surface area contributed by atoms with E-state index in [1.165, 1.54) is 0 Å². The van der Waals surface area contributed by atoms with Crippen LogP contribution < -0.4 is 0 Å². The smallest absolute Gasteiger partial charge is 0.303 e. The van der Waals surface area contributed by atoms with Crippen LogP contribution in [0.4, 0.5) is 0 Å². The Morgan fingerprint density at radius 1 is 1.15 bits per heavy atom. The van der Waals surface area contributed by atoms with Gasteiger partial charge in [0.2, 0.25) is 5.91 Å². The SMILES string of the molecule is C[C@H](c1ccccc1)N1C[C@@H](CC(=O)O)[C@@H](COCc2ccccc2)C1=O. The average molecular weight is 367 g/mol. The van der Waals surface area contributed by atoms with Crippen LogP contribution in [0.3, 0.4) is 0 Å². The summed E-state index contributed by atoms with van der Waals surface area (Å²) >= 11 is 0. The molecule has 3 rings (SSSR count). The van der Waals surface area contributed by atoms with Gasteiger partial charge in [0.1, 0.15) is 0 Å². The molecule has 27 heavy (non-hydrogen) atoms. The lowest BCUT2D eigenvalue weighted by Crippen LogP contribution is -2.31. The third-order valence-electron chi connectivity index (χ3n) is 5.20. The van der Waals surface area contributed by atoms with Gasteiger partial charge in [-0.3, -0.25) is 9.59 Å². The molecule has 1 heterocycles. The molecule has 5 heteroatoms. The van der Waals surface area contributed by atoms with Gasteiger partial charge in [0.15, 0.2) is 0 Å². The molecule has 1 saturated heterocycles. The molecule has 0 unspecified atom stereocenters. The lowest BCUT2D eigenvalue weighted by atomic mass is 9.93. The number of carbonyl (C=O) groups excluding carboxylic acids is 1. The van der Waals surface area contributed by atoms with Crippen LogP contribution in [-0.2, 0) is 20.9 Å². The first kappa shape index (κ1) is 19.1. The monoisotopic (exact) mass is 367 g/mol. The quantitative estimate of drug-likeness (QED) is 0.775. The van der Waals surface area contributed by atoms with Gasteiger partial charge in [-0.15, -0.1) is 0 Å². The van der Waals surface area contributed by atoms with Crippen molar-refractivity contribution in [2.24, 2.45) is 11.8 Å². The van der Waals surface area contributed by atoms with Crippen molar-refractivity contribution in [1.82, 2.24) is 4.90 Å². The number of hydrogen-bond acceptors (Lipinski definition) is 3. The molecule has 3 atom stereocenters. The van der Waals surface area contributed by atoms with E-state index >= 15 is 0 Å². The van der Waals surface area contributed by atoms with Crippen molar-refractivity contribution >= 4 is 11.9 Å². The summed E-state index contributed by atoms with van der Waals surface area (Å²) in [6.45, 7) is 3.08. The average Bonchev–Trinajstić information content (AvgIpc) is 2.98. The molecule has 0 bridgehead atoms. The molecule has 0 spiro atoms. The molecule has 0 aromatic heterocycles. The van der Waals surface area contributed by atoms with E-state index in [0.717, 1.165) is 11.1 Å². The Balaban J connectivity index is 1.68. The van der Waals surface area contributed by atoms with Crippen LogP contribution in [0.1, 0.15) is 30.5 Å². The standard InChI is InChI=1S/C22H25NO4/c1-16(18-10-6-3-7-11-18)23-13-19(12-21(24)25)20(22(23)26)15-27-14-17-8-4-2-5-9-17/h2-11,16,19-20H,12-15H2,1H3,(H,24,25)/t16-,19-,20-/m1/s1. The van der Waals surface area contributed by atoms with E-state index in [4.69, 9.17) is 4.74 Å². The molecule has 0 radical (unpaired) electrons. The van der Waals surface area contributed by atoms with E-state index in [2.05, 4.69) is 0 Å². The molecular weight excluding hydrogens is 342 g/mol. The Labute approximate surface area is 159 Å². The van der Waals surface area contributed by atoms with Crippen molar-refractivity contribution in [2.75, 3.05) is 13.2 Å². The fourth-order valence-corrected chi connectivity index (χ4v) is 3.66. The maximum absolute atomic E-state index is 13.0. The van der Waals surface area contributed by atoms with Gasteiger partial charge in [0.05, 0.1) is 31.6 Å². The van der Waals surface area contributed by atoms with E-state index in [-0.39, 0.29) is 30.9 Å². The lowest BCUT2D eigenvalue weighted by Gasteiger charge is -2.25. The van der Waals surface area contributed by atoms with Crippen LogP contribution in [0.15, 0.2) is 60.7 Å². The maximum Gasteiger partial charge on any atom is 0.303 e. The summed E-state index contributed by atoms with van der Waals surface area (Å²) in [5, 5.41) is 9.25. The molecule has 1 fully saturated rings. The molecule has 1 aliphatic heterocycles. The zero-order chi connectivity index (χ0) is 19.2. The Kier molecular flexibility index (Phi) is 6.24. The van der Waals surface area contributed by atoms with E-state index < -0.39 is 11.9 Å². The number of nitrogens with zero attached hydrogens (tertiary/aromatic N) is 1. The van der Waals surface area contributed by atoms with Gasteiger partial charge in [-0.25, -0.2) is 0 Å². The second-order valence-corrected chi connectivity index (χ2v) is 7.04. The largest absolute Gasteiger partial charge is 0.481 e. The fraction of sp³-hybridized carbons (Fsp3) is 0.364. The Hall–Kier alpha value is -2.66. The molecular formula is C22H25NO4. The number of ether oxygens (including phenoxy) is 1. The number of aliphatic carboxylic acids is 1. The van der Waals surface area contributed by atoms with E-state index in [9.17, 15) is 14.7 Å². The summed E-state index contributed by atoms with van der Waals surface area (Å²) in [7, 11) is 0. The summed E-state index contributed by atoms with van der Waals surface area (Å²) < 4.78 is 5.78. The molecule has 5 nitrogen and oxygen atoms in total. The Bertz CT molecular complexity index is 762. The third-order valence-corrected chi connectivity index (χ3v) is 5.20. The van der Waals surface area contributed by atoms with Crippen molar-refractivity contribution in [3.8, 4) is 0 Å². The van der Waals surface area contributed by atoms with Gasteiger partial charge in [0.25, 0.3) is 0 Å². The maximum atomic E-state index is 13.0. The molecule has 1 aliphatic rings. The van der Waals surface area contributed by atoms with Crippen LogP contribution in [0, 0.1) is 11.8 Å². The summed E-state index contributed by atoms with van der Waals surface area (Å²) in [4.78, 5) is 26.1. The molecule has 1 N–H and O–H groups in total. The highest BCUT2D eigenvalue weighted by molar-refractivity contribution is 5.83. The number of carbonyl (C=O) groups is 2. The molecule has 2 aromatic rings. The Morgan fingerprint density at radius 2 is 1.78 bits per heavy atom. The second kappa shape index (κ2) is 8.82. The van der Waals surface area contributed by atoms with Gasteiger partial charge in [0, 0.05) is 12.5 Å². The third kappa shape index (κ3) is 4.74. The summed E-state index contributed by atoms with van der Waals surface area (Å²) in [6, 6.07) is 19.5. The highest BCUT2D eigenvalue weighted by atomic mass is 16.5. The van der Waals surface area contributed by atoms with Gasteiger partial charge in [-0.2, -0.15) is 0 Å². The van der Waals surface area contributed by atoms with Gasteiger partial charge < -0.3 is 14.7 Å². The lowest BCUT2D eigenvalue weighted by molar-refractivity contribution is -0.138. The predicted octanol–water partition coefficient (Wildman–Crippen LogP) is 3.51. The number of hydrogen-bond donors (Lipinski definition) is 1. The topological polar surface area (TPSA) is 66.8 Å². The minimum atomic E-state index is -0.880. The minimum absolute atomic E-state index is 0.0225. The van der Waals surface area contributed by atoms with E-state index in [0.29, 0.717) is 13.2 Å². The van der Waals surface area contributed by atoms with Gasteiger partial charge in [-0.05, 0) is 18.1 Å². The number of amides is 1. The zero-order valence-corrected chi connectivity index (χ0v) is 15.5. The first-order chi connectivity index (χ1) is 13.1. The van der Waals surface area contributed by atoms with Gasteiger partial charge >= 0.3 is 5.97 Å². The number of benzene rings is 2. The molecule has 0 saturated carbocycles. The number of likely N-dealkylation sites (tertiary alicyclic amines) is 1. The molecule has 1 amide bonds. The van der Waals surface area contributed by atoms with Crippen LogP contribution in [-0.4, -0.2) is 35.0 Å². The van der Waals surface area contributed by atoms with Gasteiger partial charge in [-0.1, -0.05) is 60.7 Å². The van der Waals surface area contributed by atoms with E-state index in [1.807, 2.05) is 67.6 Å². The summed E-state index contributed by atoms with van der Waals surface area (Å²) in [5.41, 5.74) is 2.08. The van der Waals surface area contributed by atoms with Crippen molar-refractivity contribution < 1.29 is 19.4 Å². The van der Waals surface area contributed by atoms with Crippen molar-refractivity contribution in [2.45, 2.75) is 26.0 Å². The van der Waals surface area contributed by atoms with Crippen LogP contribution >= 0.6 is 0 Å². The van der Waals surface area contributed by atoms with Crippen molar-refractivity contribution in [1.29, 1.82) is 0 Å². The Morgan fingerprint density at radius 3 is 2.41 bits per heavy atom. The molecule has 2 aromatic carbocycles. The first-order valence-corrected chi connectivity index (χ1v) is 9.25. The number of carboxylic acid groups (broad SMARTS) is 1. The fourth-order valence-electron chi connectivity index (χ4n) is 3.66. The summed E-state index contributed by atoms with van der Waals surface area (Å²) in [5.74, 6) is -1.56. The van der Waals surface area contributed by atoms with Crippen LogP contribution in [0.25, 0.3) is 0 Å². The zero-order valence-electron chi connectivity index (χ0n) is 15.5. The number of carboxylic acids is 1. The minimum Gasteiger partial charge on any atom is -0.481 e. The summed E-state index contributed by atoms with van der Waals surface area (Å²) in [6.07, 6.45) is -0.0247. The van der Waals surface area contributed by atoms with Crippen molar-refractivity contribution in [3.63, 3.8) is 0 Å². The normalized spacial score (nSPS) is 20.6. The molecule has 0 aliphatic carbocycles. The van der Waals surface area contributed by atoms with Crippen LogP contribution in [0.2, 0.25) is 0 Å². The molecule has 142 valence electrons. The number of rotatable bonds is 8. The van der Waals surface area contributed by atoms with Crippen molar-refractivity contribution in [3.05, 3.63) is 71.8 Å². The van der Waals surface area contributed by atoms with Crippen LogP contribution in [0.5, 0.6) is 0 Å². The highest BCUT2D eigenvalue weighted by Crippen LogP contribution is 2.34. The highest BCUT2D eigenvalue weighted by Gasteiger charge is 2.43.